The number of para-hydroxylation sites is 1. The number of hydrogen-bond acceptors (Lipinski definition) is 4. The minimum Gasteiger partial charge on any atom is -0.484 e. The first-order chi connectivity index (χ1) is 15.7. The number of hydrogen-bond donors (Lipinski definition) is 1. The molecule has 0 spiro atoms. The van der Waals surface area contributed by atoms with Gasteiger partial charge in [0.15, 0.2) is 6.61 Å². The molecule has 0 radical (unpaired) electrons. The van der Waals surface area contributed by atoms with E-state index in [2.05, 4.69) is 34.7 Å². The van der Waals surface area contributed by atoms with Crippen LogP contribution in [0.3, 0.4) is 0 Å². The summed E-state index contributed by atoms with van der Waals surface area (Å²) in [6, 6.07) is 19.7. The SMILES string of the molecule is O=C(COc1ccccc1)Nc1cnn(CC(=O)N2CCC[C@H](c3ccccc3)CC2)c1. The molecule has 1 aromatic heterocycles. The molecular formula is C25H28N4O3. The molecule has 1 fully saturated rings. The van der Waals surface area contributed by atoms with Crippen molar-refractivity contribution in [2.24, 2.45) is 0 Å². The number of carbonyl (C=O) groups excluding carboxylic acids is 2. The van der Waals surface area contributed by atoms with Crippen LogP contribution in [0.15, 0.2) is 73.1 Å². The molecule has 7 heteroatoms. The van der Waals surface area contributed by atoms with Crippen molar-refractivity contribution in [3.63, 3.8) is 0 Å². The summed E-state index contributed by atoms with van der Waals surface area (Å²) in [4.78, 5) is 26.8. The lowest BCUT2D eigenvalue weighted by atomic mass is 9.92. The van der Waals surface area contributed by atoms with Crippen LogP contribution in [0.25, 0.3) is 0 Å². The van der Waals surface area contributed by atoms with Crippen LogP contribution in [-0.4, -0.2) is 46.2 Å². The van der Waals surface area contributed by atoms with E-state index in [9.17, 15) is 9.59 Å². The zero-order valence-electron chi connectivity index (χ0n) is 18.0. The first-order valence-corrected chi connectivity index (χ1v) is 11.0. The monoisotopic (exact) mass is 432 g/mol. The van der Waals surface area contributed by atoms with Gasteiger partial charge in [0.05, 0.1) is 11.9 Å². The summed E-state index contributed by atoms with van der Waals surface area (Å²) >= 11 is 0. The Morgan fingerprint density at radius 2 is 1.75 bits per heavy atom. The second-order valence-corrected chi connectivity index (χ2v) is 8.00. The molecule has 1 saturated heterocycles. The van der Waals surface area contributed by atoms with Gasteiger partial charge >= 0.3 is 0 Å². The third-order valence-electron chi connectivity index (χ3n) is 5.68. The Bertz CT molecular complexity index is 1020. The van der Waals surface area contributed by atoms with E-state index in [1.807, 2.05) is 29.2 Å². The third-order valence-corrected chi connectivity index (χ3v) is 5.68. The number of amides is 2. The molecular weight excluding hydrogens is 404 g/mol. The molecule has 1 N–H and O–H groups in total. The molecule has 1 aliphatic rings. The quantitative estimate of drug-likeness (QED) is 0.618. The third kappa shape index (κ3) is 5.97. The van der Waals surface area contributed by atoms with Gasteiger partial charge in [0, 0.05) is 19.3 Å². The predicted molar refractivity (Wildman–Crippen MR) is 122 cm³/mol. The van der Waals surface area contributed by atoms with Crippen LogP contribution in [-0.2, 0) is 16.1 Å². The second kappa shape index (κ2) is 10.6. The first kappa shape index (κ1) is 21.6. The molecule has 1 atom stereocenters. The minimum absolute atomic E-state index is 0.0482. The highest BCUT2D eigenvalue weighted by atomic mass is 16.5. The van der Waals surface area contributed by atoms with Gasteiger partial charge in [-0.3, -0.25) is 14.3 Å². The van der Waals surface area contributed by atoms with E-state index in [-0.39, 0.29) is 25.0 Å². The van der Waals surface area contributed by atoms with Crippen molar-refractivity contribution < 1.29 is 14.3 Å². The van der Waals surface area contributed by atoms with Gasteiger partial charge in [-0.2, -0.15) is 5.10 Å². The number of carbonyl (C=O) groups is 2. The highest BCUT2D eigenvalue weighted by molar-refractivity contribution is 5.91. The molecule has 0 saturated carbocycles. The number of ether oxygens (including phenoxy) is 1. The van der Waals surface area contributed by atoms with Crippen LogP contribution in [0, 0.1) is 0 Å². The van der Waals surface area contributed by atoms with Gasteiger partial charge in [-0.1, -0.05) is 48.5 Å². The van der Waals surface area contributed by atoms with Gasteiger partial charge in [0.25, 0.3) is 5.91 Å². The molecule has 166 valence electrons. The Hall–Kier alpha value is -3.61. The number of benzene rings is 2. The van der Waals surface area contributed by atoms with Crippen LogP contribution in [0.1, 0.15) is 30.7 Å². The number of anilines is 1. The lowest BCUT2D eigenvalue weighted by molar-refractivity contribution is -0.132. The lowest BCUT2D eigenvalue weighted by Crippen LogP contribution is -2.34. The maximum absolute atomic E-state index is 12.8. The fourth-order valence-electron chi connectivity index (χ4n) is 4.02. The van der Waals surface area contributed by atoms with Crippen LogP contribution >= 0.6 is 0 Å². The number of rotatable bonds is 7. The van der Waals surface area contributed by atoms with Crippen molar-refractivity contribution in [3.05, 3.63) is 78.6 Å². The summed E-state index contributed by atoms with van der Waals surface area (Å²) in [6.07, 6.45) is 6.27. The molecule has 0 aliphatic carbocycles. The van der Waals surface area contributed by atoms with E-state index < -0.39 is 0 Å². The van der Waals surface area contributed by atoms with Gasteiger partial charge in [-0.25, -0.2) is 0 Å². The molecule has 2 aromatic carbocycles. The Labute approximate surface area is 188 Å². The van der Waals surface area contributed by atoms with E-state index in [1.54, 1.807) is 29.2 Å². The number of likely N-dealkylation sites (tertiary alicyclic amines) is 1. The molecule has 0 bridgehead atoms. The minimum atomic E-state index is -0.279. The Kier molecular flexibility index (Phi) is 7.17. The topological polar surface area (TPSA) is 76.5 Å². The van der Waals surface area contributed by atoms with Crippen molar-refractivity contribution in [2.45, 2.75) is 31.7 Å². The molecule has 32 heavy (non-hydrogen) atoms. The van der Waals surface area contributed by atoms with E-state index in [0.717, 1.165) is 32.4 Å². The van der Waals surface area contributed by atoms with E-state index in [4.69, 9.17) is 4.74 Å². The fraction of sp³-hybridized carbons (Fsp3) is 0.320. The standard InChI is InChI=1S/C25H28N4O3/c30-24(19-32-23-11-5-2-6-12-23)27-22-16-26-29(17-22)18-25(31)28-14-7-10-21(13-15-28)20-8-3-1-4-9-20/h1-6,8-9,11-12,16-17,21H,7,10,13-15,18-19H2,(H,27,30)/t21-/m0/s1. The van der Waals surface area contributed by atoms with Crippen LogP contribution in [0.4, 0.5) is 5.69 Å². The normalized spacial score (nSPS) is 16.2. The van der Waals surface area contributed by atoms with Crippen molar-refractivity contribution >= 4 is 17.5 Å². The van der Waals surface area contributed by atoms with E-state index in [1.165, 1.54) is 5.56 Å². The van der Waals surface area contributed by atoms with E-state index >= 15 is 0 Å². The maximum atomic E-state index is 12.8. The molecule has 2 heterocycles. The highest BCUT2D eigenvalue weighted by Crippen LogP contribution is 2.27. The Morgan fingerprint density at radius 3 is 2.53 bits per heavy atom. The Balaban J connectivity index is 1.25. The number of nitrogens with zero attached hydrogens (tertiary/aromatic N) is 3. The molecule has 4 rings (SSSR count). The number of nitrogens with one attached hydrogen (secondary N) is 1. The van der Waals surface area contributed by atoms with E-state index in [0.29, 0.717) is 17.4 Å². The van der Waals surface area contributed by atoms with Gasteiger partial charge in [-0.15, -0.1) is 0 Å². The van der Waals surface area contributed by atoms with Crippen molar-refractivity contribution in [1.29, 1.82) is 0 Å². The van der Waals surface area contributed by atoms with Gasteiger partial charge in [-0.05, 0) is 42.9 Å². The highest BCUT2D eigenvalue weighted by Gasteiger charge is 2.22. The zero-order valence-corrected chi connectivity index (χ0v) is 18.0. The zero-order chi connectivity index (χ0) is 22.2. The average Bonchev–Trinajstić information content (AvgIpc) is 3.10. The Morgan fingerprint density at radius 1 is 1.00 bits per heavy atom. The molecule has 7 nitrogen and oxygen atoms in total. The average molecular weight is 433 g/mol. The molecule has 3 aromatic rings. The molecule has 1 aliphatic heterocycles. The largest absolute Gasteiger partial charge is 0.484 e. The smallest absolute Gasteiger partial charge is 0.262 e. The molecule has 0 unspecified atom stereocenters. The fourth-order valence-corrected chi connectivity index (χ4v) is 4.02. The number of aromatic nitrogens is 2. The van der Waals surface area contributed by atoms with Crippen LogP contribution in [0.2, 0.25) is 0 Å². The van der Waals surface area contributed by atoms with Crippen LogP contribution in [0.5, 0.6) is 5.75 Å². The van der Waals surface area contributed by atoms with Gasteiger partial charge in [0.1, 0.15) is 12.3 Å². The van der Waals surface area contributed by atoms with Crippen molar-refractivity contribution in [3.8, 4) is 5.75 Å². The second-order valence-electron chi connectivity index (χ2n) is 8.00. The van der Waals surface area contributed by atoms with Crippen molar-refractivity contribution in [1.82, 2.24) is 14.7 Å². The summed E-state index contributed by atoms with van der Waals surface area (Å²) in [7, 11) is 0. The summed E-state index contributed by atoms with van der Waals surface area (Å²) < 4.78 is 7.01. The first-order valence-electron chi connectivity index (χ1n) is 11.0. The molecule has 2 amide bonds. The summed E-state index contributed by atoms with van der Waals surface area (Å²) in [5.74, 6) is 0.904. The van der Waals surface area contributed by atoms with Gasteiger partial charge in [0.2, 0.25) is 5.91 Å². The predicted octanol–water partition coefficient (Wildman–Crippen LogP) is 3.70. The summed E-state index contributed by atoms with van der Waals surface area (Å²) in [5, 5.41) is 6.97. The summed E-state index contributed by atoms with van der Waals surface area (Å²) in [5.41, 5.74) is 1.89. The van der Waals surface area contributed by atoms with Gasteiger partial charge < -0.3 is 15.0 Å². The van der Waals surface area contributed by atoms with Crippen LogP contribution < -0.4 is 10.1 Å². The lowest BCUT2D eigenvalue weighted by Gasteiger charge is -2.20. The van der Waals surface area contributed by atoms with Crippen molar-refractivity contribution in [2.75, 3.05) is 25.0 Å². The maximum Gasteiger partial charge on any atom is 0.262 e. The summed E-state index contributed by atoms with van der Waals surface area (Å²) in [6.45, 7) is 1.58.